The maximum absolute atomic E-state index is 6.49. The second-order valence-corrected chi connectivity index (χ2v) is 6.12. The number of nitrogens with one attached hydrogen (secondary N) is 1. The molecule has 0 amide bonds. The Bertz CT molecular complexity index is 350. The summed E-state index contributed by atoms with van der Waals surface area (Å²) in [5, 5.41) is 3.51. The normalized spacial score (nSPS) is 40.1. The van der Waals surface area contributed by atoms with E-state index in [-0.39, 0.29) is 5.66 Å². The van der Waals surface area contributed by atoms with E-state index in [4.69, 9.17) is 5.73 Å². The number of fused-ring (bicyclic) bond motifs is 1. The van der Waals surface area contributed by atoms with Crippen LogP contribution in [0.15, 0.2) is 24.3 Å². The minimum absolute atomic E-state index is 0.0967. The summed E-state index contributed by atoms with van der Waals surface area (Å²) < 4.78 is 0. The third-order valence-electron chi connectivity index (χ3n) is 4.84. The predicted octanol–water partition coefficient (Wildman–Crippen LogP) is 1.48. The van der Waals surface area contributed by atoms with Crippen LogP contribution in [-0.4, -0.2) is 36.7 Å². The maximum atomic E-state index is 6.49. The van der Waals surface area contributed by atoms with Crippen molar-refractivity contribution in [3.8, 4) is 0 Å². The standard InChI is InChI=1S/C15H25N3/c16-15-12-18(11-8-14(15)6-9-17-15)10-7-13-4-2-1-3-5-13/h1-4,13-14,17H,5-12,16H2/t13?,14-,15+/m0/s1. The summed E-state index contributed by atoms with van der Waals surface area (Å²) in [4.78, 5) is 2.56. The molecule has 100 valence electrons. The van der Waals surface area contributed by atoms with Gasteiger partial charge in [-0.1, -0.05) is 24.3 Å². The Kier molecular flexibility index (Phi) is 3.55. The summed E-state index contributed by atoms with van der Waals surface area (Å²) in [6, 6.07) is 0. The van der Waals surface area contributed by atoms with Crippen molar-refractivity contribution in [2.75, 3.05) is 26.2 Å². The number of piperidine rings is 1. The number of hydrogen-bond donors (Lipinski definition) is 2. The molecule has 18 heavy (non-hydrogen) atoms. The van der Waals surface area contributed by atoms with E-state index in [0.717, 1.165) is 19.0 Å². The van der Waals surface area contributed by atoms with Gasteiger partial charge in [0, 0.05) is 6.54 Å². The predicted molar refractivity (Wildman–Crippen MR) is 75.1 cm³/mol. The number of rotatable bonds is 3. The molecule has 0 aromatic heterocycles. The molecule has 2 aliphatic heterocycles. The molecule has 3 atom stereocenters. The summed E-state index contributed by atoms with van der Waals surface area (Å²) in [5.74, 6) is 1.43. The van der Waals surface area contributed by atoms with Crippen molar-refractivity contribution in [2.24, 2.45) is 17.6 Å². The zero-order valence-corrected chi connectivity index (χ0v) is 11.1. The number of nitrogens with zero attached hydrogens (tertiary/aromatic N) is 1. The Balaban J connectivity index is 1.49. The highest BCUT2D eigenvalue weighted by Gasteiger charge is 2.43. The van der Waals surface area contributed by atoms with Gasteiger partial charge in [0.2, 0.25) is 0 Å². The topological polar surface area (TPSA) is 41.3 Å². The lowest BCUT2D eigenvalue weighted by molar-refractivity contribution is 0.0962. The molecular formula is C15H25N3. The van der Waals surface area contributed by atoms with E-state index in [1.54, 1.807) is 0 Å². The Morgan fingerprint density at radius 1 is 1.33 bits per heavy atom. The molecule has 0 spiro atoms. The Morgan fingerprint density at radius 2 is 2.28 bits per heavy atom. The number of nitrogens with two attached hydrogens (primary N) is 1. The third kappa shape index (κ3) is 2.53. The van der Waals surface area contributed by atoms with Gasteiger partial charge in [0.05, 0.1) is 5.66 Å². The SMILES string of the molecule is N[C@@]12CN(CCC3C=CC=CC3)CC[C@@H]1CCN2. The summed E-state index contributed by atoms with van der Waals surface area (Å²) in [6.07, 6.45) is 14.0. The molecule has 0 bridgehead atoms. The molecule has 3 nitrogen and oxygen atoms in total. The molecule has 0 saturated carbocycles. The summed E-state index contributed by atoms with van der Waals surface area (Å²) in [5.41, 5.74) is 6.39. The van der Waals surface area contributed by atoms with Crippen molar-refractivity contribution in [3.05, 3.63) is 24.3 Å². The van der Waals surface area contributed by atoms with Gasteiger partial charge < -0.3 is 10.6 Å². The first-order valence-electron chi connectivity index (χ1n) is 7.36. The average Bonchev–Trinajstić information content (AvgIpc) is 2.78. The van der Waals surface area contributed by atoms with E-state index in [2.05, 4.69) is 34.5 Å². The third-order valence-corrected chi connectivity index (χ3v) is 4.84. The van der Waals surface area contributed by atoms with Crippen LogP contribution >= 0.6 is 0 Å². The fraction of sp³-hybridized carbons (Fsp3) is 0.733. The van der Waals surface area contributed by atoms with Gasteiger partial charge in [0.1, 0.15) is 0 Å². The minimum Gasteiger partial charge on any atom is -0.312 e. The Hall–Kier alpha value is -0.640. The molecule has 1 aliphatic carbocycles. The first-order chi connectivity index (χ1) is 8.76. The molecule has 2 fully saturated rings. The van der Waals surface area contributed by atoms with Crippen molar-refractivity contribution in [1.29, 1.82) is 0 Å². The summed E-state index contributed by atoms with van der Waals surface area (Å²) in [6.45, 7) is 4.56. The fourth-order valence-electron chi connectivity index (χ4n) is 3.64. The van der Waals surface area contributed by atoms with Crippen LogP contribution in [-0.2, 0) is 0 Å². The van der Waals surface area contributed by atoms with Gasteiger partial charge in [-0.2, -0.15) is 0 Å². The van der Waals surface area contributed by atoms with E-state index in [0.29, 0.717) is 5.92 Å². The first kappa shape index (κ1) is 12.4. The summed E-state index contributed by atoms with van der Waals surface area (Å²) >= 11 is 0. The fourth-order valence-corrected chi connectivity index (χ4v) is 3.64. The van der Waals surface area contributed by atoms with Crippen LogP contribution in [0.25, 0.3) is 0 Å². The molecule has 3 aliphatic rings. The van der Waals surface area contributed by atoms with Gasteiger partial charge in [-0.25, -0.2) is 0 Å². The first-order valence-corrected chi connectivity index (χ1v) is 7.36. The molecule has 2 saturated heterocycles. The highest BCUT2D eigenvalue weighted by molar-refractivity contribution is 5.10. The molecule has 3 N–H and O–H groups in total. The van der Waals surface area contributed by atoms with E-state index in [1.165, 1.54) is 38.8 Å². The van der Waals surface area contributed by atoms with Gasteiger partial charge >= 0.3 is 0 Å². The van der Waals surface area contributed by atoms with Gasteiger partial charge in [0.25, 0.3) is 0 Å². The minimum atomic E-state index is -0.0967. The number of allylic oxidation sites excluding steroid dienone is 4. The highest BCUT2D eigenvalue weighted by atomic mass is 15.3. The second kappa shape index (κ2) is 5.16. The molecular weight excluding hydrogens is 222 g/mol. The zero-order valence-electron chi connectivity index (χ0n) is 11.1. The van der Waals surface area contributed by atoms with Crippen molar-refractivity contribution in [3.63, 3.8) is 0 Å². The van der Waals surface area contributed by atoms with E-state index in [9.17, 15) is 0 Å². The van der Waals surface area contributed by atoms with Gasteiger partial charge in [-0.05, 0) is 57.2 Å². The van der Waals surface area contributed by atoms with Crippen LogP contribution < -0.4 is 11.1 Å². The van der Waals surface area contributed by atoms with E-state index >= 15 is 0 Å². The van der Waals surface area contributed by atoms with Gasteiger partial charge in [-0.3, -0.25) is 5.32 Å². The molecule has 0 aromatic carbocycles. The molecule has 0 radical (unpaired) electrons. The van der Waals surface area contributed by atoms with Crippen LogP contribution in [0, 0.1) is 11.8 Å². The summed E-state index contributed by atoms with van der Waals surface area (Å²) in [7, 11) is 0. The highest BCUT2D eigenvalue weighted by Crippen LogP contribution is 2.31. The van der Waals surface area contributed by atoms with Crippen LogP contribution in [0.5, 0.6) is 0 Å². The molecule has 3 rings (SSSR count). The largest absolute Gasteiger partial charge is 0.312 e. The number of hydrogen-bond acceptors (Lipinski definition) is 3. The van der Waals surface area contributed by atoms with Crippen LogP contribution in [0.3, 0.4) is 0 Å². The zero-order chi connectivity index (χ0) is 12.4. The average molecular weight is 247 g/mol. The quantitative estimate of drug-likeness (QED) is 0.794. The number of likely N-dealkylation sites (tertiary alicyclic amines) is 1. The van der Waals surface area contributed by atoms with Crippen molar-refractivity contribution < 1.29 is 0 Å². The maximum Gasteiger partial charge on any atom is 0.0822 e. The van der Waals surface area contributed by atoms with Gasteiger partial charge in [0.15, 0.2) is 0 Å². The molecule has 1 unspecified atom stereocenters. The Morgan fingerprint density at radius 3 is 3.11 bits per heavy atom. The molecule has 0 aromatic rings. The monoisotopic (exact) mass is 247 g/mol. The van der Waals surface area contributed by atoms with E-state index in [1.807, 2.05) is 0 Å². The van der Waals surface area contributed by atoms with Crippen molar-refractivity contribution in [2.45, 2.75) is 31.3 Å². The smallest absolute Gasteiger partial charge is 0.0822 e. The molecule has 3 heteroatoms. The van der Waals surface area contributed by atoms with Crippen molar-refractivity contribution in [1.82, 2.24) is 10.2 Å². The van der Waals surface area contributed by atoms with Crippen LogP contribution in [0.2, 0.25) is 0 Å². The lowest BCUT2D eigenvalue weighted by Gasteiger charge is -2.42. The van der Waals surface area contributed by atoms with Crippen molar-refractivity contribution >= 4 is 0 Å². The van der Waals surface area contributed by atoms with E-state index < -0.39 is 0 Å². The lowest BCUT2D eigenvalue weighted by atomic mass is 9.86. The Labute approximate surface area is 110 Å². The van der Waals surface area contributed by atoms with Gasteiger partial charge in [-0.15, -0.1) is 0 Å². The second-order valence-electron chi connectivity index (χ2n) is 6.12. The van der Waals surface area contributed by atoms with Crippen LogP contribution in [0.1, 0.15) is 25.7 Å². The van der Waals surface area contributed by atoms with Crippen LogP contribution in [0.4, 0.5) is 0 Å². The lowest BCUT2D eigenvalue weighted by Crippen LogP contribution is -2.64. The molecule has 2 heterocycles.